The molecule has 1 aromatic carbocycles. The molecule has 1 unspecified atom stereocenters. The molecule has 0 aromatic heterocycles. The van der Waals surface area contributed by atoms with E-state index in [0.717, 1.165) is 12.2 Å². The Morgan fingerprint density at radius 2 is 2.29 bits per heavy atom. The van der Waals surface area contributed by atoms with Gasteiger partial charge in [0.2, 0.25) is 0 Å². The van der Waals surface area contributed by atoms with E-state index in [1.165, 1.54) is 6.07 Å². The van der Waals surface area contributed by atoms with E-state index in [0.29, 0.717) is 18.2 Å². The van der Waals surface area contributed by atoms with Crippen LogP contribution in [-0.2, 0) is 0 Å². The summed E-state index contributed by atoms with van der Waals surface area (Å²) in [6, 6.07) is 6.87. The molecule has 1 atom stereocenters. The Bertz CT molecular complexity index is 422. The Kier molecular flexibility index (Phi) is 3.89. The Hall–Kier alpha value is -1.23. The van der Waals surface area contributed by atoms with Gasteiger partial charge in [-0.2, -0.15) is 11.8 Å². The summed E-state index contributed by atoms with van der Waals surface area (Å²) in [4.78, 5) is 6.02. The summed E-state index contributed by atoms with van der Waals surface area (Å²) < 4.78 is 13.8. The molecule has 1 aliphatic heterocycles. The van der Waals surface area contributed by atoms with Crippen molar-refractivity contribution >= 4 is 23.4 Å². The molecule has 0 saturated heterocycles. The lowest BCUT2D eigenvalue weighted by Crippen LogP contribution is -2.41. The molecule has 0 fully saturated rings. The van der Waals surface area contributed by atoms with Crippen molar-refractivity contribution in [3.8, 4) is 0 Å². The van der Waals surface area contributed by atoms with E-state index >= 15 is 0 Å². The van der Waals surface area contributed by atoms with Gasteiger partial charge < -0.3 is 10.6 Å². The Morgan fingerprint density at radius 3 is 3.00 bits per heavy atom. The molecular formula is C12H16FN3S. The number of nitrogens with two attached hydrogens (primary N) is 1. The number of guanidine groups is 1. The zero-order valence-corrected chi connectivity index (χ0v) is 10.6. The van der Waals surface area contributed by atoms with Crippen molar-refractivity contribution in [3.63, 3.8) is 0 Å². The summed E-state index contributed by atoms with van der Waals surface area (Å²) in [6.07, 6.45) is 3.02. The molecule has 0 spiro atoms. The average Bonchev–Trinajstić information content (AvgIpc) is 2.69. The van der Waals surface area contributed by atoms with E-state index in [9.17, 15) is 4.39 Å². The fourth-order valence-corrected chi connectivity index (χ4v) is 2.49. The van der Waals surface area contributed by atoms with Crippen LogP contribution in [0.3, 0.4) is 0 Å². The second-order valence-electron chi connectivity index (χ2n) is 3.96. The van der Waals surface area contributed by atoms with Crippen LogP contribution in [0.2, 0.25) is 0 Å². The largest absolute Gasteiger partial charge is 0.370 e. The molecule has 17 heavy (non-hydrogen) atoms. The van der Waals surface area contributed by atoms with Gasteiger partial charge in [0.25, 0.3) is 0 Å². The van der Waals surface area contributed by atoms with Gasteiger partial charge in [0.05, 0.1) is 18.3 Å². The van der Waals surface area contributed by atoms with Crippen molar-refractivity contribution in [3.05, 3.63) is 30.1 Å². The average molecular weight is 253 g/mol. The number of hydrogen-bond donors (Lipinski definition) is 1. The normalized spacial score (nSPS) is 19.5. The lowest BCUT2D eigenvalue weighted by atomic mass is 10.2. The van der Waals surface area contributed by atoms with Gasteiger partial charge in [-0.15, -0.1) is 0 Å². The van der Waals surface area contributed by atoms with Gasteiger partial charge in [0.1, 0.15) is 5.82 Å². The molecule has 0 bridgehead atoms. The predicted octanol–water partition coefficient (Wildman–Crippen LogP) is 2.08. The minimum absolute atomic E-state index is 0.180. The van der Waals surface area contributed by atoms with Gasteiger partial charge in [-0.1, -0.05) is 12.1 Å². The standard InChI is InChI=1S/C12H16FN3S/c1-17-7-6-9-8-15-12(14)16(9)11-5-3-2-4-10(11)13/h2-5,9H,6-8H2,1H3,(H2,14,15). The highest BCUT2D eigenvalue weighted by Gasteiger charge is 2.28. The quantitative estimate of drug-likeness (QED) is 0.893. The van der Waals surface area contributed by atoms with Gasteiger partial charge >= 0.3 is 0 Å². The van der Waals surface area contributed by atoms with Crippen LogP contribution < -0.4 is 10.6 Å². The summed E-state index contributed by atoms with van der Waals surface area (Å²) in [6.45, 7) is 0.653. The van der Waals surface area contributed by atoms with E-state index in [1.54, 1.807) is 23.9 Å². The first-order chi connectivity index (χ1) is 8.24. The first-order valence-electron chi connectivity index (χ1n) is 5.56. The highest BCUT2D eigenvalue weighted by molar-refractivity contribution is 7.98. The number of nitrogens with zero attached hydrogens (tertiary/aromatic N) is 2. The number of hydrogen-bond acceptors (Lipinski definition) is 4. The Balaban J connectivity index is 2.22. The van der Waals surface area contributed by atoms with Crippen LogP contribution in [0.15, 0.2) is 29.3 Å². The molecule has 0 saturated carbocycles. The molecule has 2 N–H and O–H groups in total. The number of aliphatic imine (C=N–C) groups is 1. The van der Waals surface area contributed by atoms with E-state index in [1.807, 2.05) is 11.0 Å². The van der Waals surface area contributed by atoms with Crippen LogP contribution in [0.25, 0.3) is 0 Å². The lowest BCUT2D eigenvalue weighted by Gasteiger charge is -2.26. The minimum atomic E-state index is -0.248. The molecule has 1 aromatic rings. The van der Waals surface area contributed by atoms with Crippen LogP contribution in [0.1, 0.15) is 6.42 Å². The molecule has 0 amide bonds. The Morgan fingerprint density at radius 1 is 1.53 bits per heavy atom. The number of halogens is 1. The molecule has 1 heterocycles. The van der Waals surface area contributed by atoms with Crippen molar-refractivity contribution in [2.75, 3.05) is 23.5 Å². The van der Waals surface area contributed by atoms with Crippen LogP contribution in [0, 0.1) is 5.82 Å². The number of thioether (sulfide) groups is 1. The molecule has 3 nitrogen and oxygen atoms in total. The highest BCUT2D eigenvalue weighted by atomic mass is 32.2. The molecular weight excluding hydrogens is 237 g/mol. The van der Waals surface area contributed by atoms with Crippen molar-refractivity contribution in [1.29, 1.82) is 0 Å². The fraction of sp³-hybridized carbons (Fsp3) is 0.417. The maximum atomic E-state index is 13.8. The monoisotopic (exact) mass is 253 g/mol. The van der Waals surface area contributed by atoms with Crippen LogP contribution in [0.5, 0.6) is 0 Å². The molecule has 2 rings (SSSR count). The van der Waals surface area contributed by atoms with E-state index < -0.39 is 0 Å². The number of rotatable bonds is 4. The topological polar surface area (TPSA) is 41.6 Å². The second kappa shape index (κ2) is 5.40. The first kappa shape index (κ1) is 12.2. The molecule has 1 aliphatic rings. The fourth-order valence-electron chi connectivity index (χ4n) is 1.99. The summed E-state index contributed by atoms with van der Waals surface area (Å²) in [5.41, 5.74) is 6.37. The van der Waals surface area contributed by atoms with Crippen LogP contribution in [-0.4, -0.2) is 30.6 Å². The zero-order chi connectivity index (χ0) is 12.3. The number of para-hydroxylation sites is 1. The van der Waals surface area contributed by atoms with Gasteiger partial charge in [0, 0.05) is 0 Å². The van der Waals surface area contributed by atoms with Gasteiger partial charge in [0.15, 0.2) is 5.96 Å². The first-order valence-corrected chi connectivity index (χ1v) is 6.96. The third-order valence-corrected chi connectivity index (χ3v) is 3.49. The van der Waals surface area contributed by atoms with Crippen molar-refractivity contribution < 1.29 is 4.39 Å². The SMILES string of the molecule is CSCCC1CN=C(N)N1c1ccccc1F. The maximum absolute atomic E-state index is 13.8. The lowest BCUT2D eigenvalue weighted by molar-refractivity contribution is 0.612. The number of benzene rings is 1. The maximum Gasteiger partial charge on any atom is 0.196 e. The van der Waals surface area contributed by atoms with Gasteiger partial charge in [-0.05, 0) is 30.6 Å². The number of anilines is 1. The smallest absolute Gasteiger partial charge is 0.196 e. The molecule has 5 heteroatoms. The molecule has 0 aliphatic carbocycles. The van der Waals surface area contributed by atoms with Crippen LogP contribution >= 0.6 is 11.8 Å². The minimum Gasteiger partial charge on any atom is -0.370 e. The van der Waals surface area contributed by atoms with E-state index in [4.69, 9.17) is 5.73 Å². The summed E-state index contributed by atoms with van der Waals surface area (Å²) in [7, 11) is 0. The summed E-state index contributed by atoms with van der Waals surface area (Å²) in [5.74, 6) is 1.20. The predicted molar refractivity (Wildman–Crippen MR) is 72.2 cm³/mol. The zero-order valence-electron chi connectivity index (χ0n) is 9.77. The van der Waals surface area contributed by atoms with Gasteiger partial charge in [-0.3, -0.25) is 4.99 Å². The second-order valence-corrected chi connectivity index (χ2v) is 4.94. The third kappa shape index (κ3) is 2.54. The van der Waals surface area contributed by atoms with Crippen LogP contribution in [0.4, 0.5) is 10.1 Å². The Labute approximate surface area is 105 Å². The summed E-state index contributed by atoms with van der Waals surface area (Å²) in [5, 5.41) is 0. The van der Waals surface area contributed by atoms with Crippen molar-refractivity contribution in [2.45, 2.75) is 12.5 Å². The summed E-state index contributed by atoms with van der Waals surface area (Å²) >= 11 is 1.78. The molecule has 0 radical (unpaired) electrons. The van der Waals surface area contributed by atoms with Crippen molar-refractivity contribution in [2.24, 2.45) is 10.7 Å². The van der Waals surface area contributed by atoms with E-state index in [2.05, 4.69) is 11.2 Å². The highest BCUT2D eigenvalue weighted by Crippen LogP contribution is 2.25. The van der Waals surface area contributed by atoms with E-state index in [-0.39, 0.29) is 11.9 Å². The third-order valence-electron chi connectivity index (χ3n) is 2.84. The van der Waals surface area contributed by atoms with Crippen molar-refractivity contribution in [1.82, 2.24) is 0 Å². The van der Waals surface area contributed by atoms with Gasteiger partial charge in [-0.25, -0.2) is 4.39 Å². The molecule has 92 valence electrons.